The molecule has 30 heavy (non-hydrogen) atoms. The molecule has 154 valence electrons. The van der Waals surface area contributed by atoms with Gasteiger partial charge in [-0.1, -0.05) is 12.1 Å². The van der Waals surface area contributed by atoms with Crippen molar-refractivity contribution in [2.45, 2.75) is 40.7 Å². The predicted molar refractivity (Wildman–Crippen MR) is 121 cm³/mol. The van der Waals surface area contributed by atoms with Gasteiger partial charge >= 0.3 is 0 Å². The van der Waals surface area contributed by atoms with Gasteiger partial charge in [-0.2, -0.15) is 0 Å². The first-order chi connectivity index (χ1) is 14.4. The van der Waals surface area contributed by atoms with E-state index in [0.717, 1.165) is 49.5 Å². The Labute approximate surface area is 180 Å². The Morgan fingerprint density at radius 3 is 2.70 bits per heavy atom. The number of carbonyl (C=O) groups excluding carboxylic acids is 1. The van der Waals surface area contributed by atoms with E-state index in [9.17, 15) is 4.79 Å². The number of hydrogen-bond acceptors (Lipinski definition) is 4. The fourth-order valence-corrected chi connectivity index (χ4v) is 4.63. The van der Waals surface area contributed by atoms with Gasteiger partial charge in [0.25, 0.3) is 0 Å². The first-order valence-corrected chi connectivity index (χ1v) is 10.7. The number of amides is 1. The third-order valence-corrected chi connectivity index (χ3v) is 6.15. The second kappa shape index (κ2) is 8.32. The van der Waals surface area contributed by atoms with E-state index in [2.05, 4.69) is 36.7 Å². The Morgan fingerprint density at radius 1 is 1.13 bits per heavy atom. The summed E-state index contributed by atoms with van der Waals surface area (Å²) in [5.74, 6) is 0.871. The Morgan fingerprint density at radius 2 is 1.97 bits per heavy atom. The molecule has 4 aromatic rings. The van der Waals surface area contributed by atoms with Crippen molar-refractivity contribution in [3.8, 4) is 11.3 Å². The number of thiazole rings is 1. The molecule has 0 saturated heterocycles. The van der Waals surface area contributed by atoms with Crippen LogP contribution in [0.4, 0.5) is 5.69 Å². The van der Waals surface area contributed by atoms with E-state index in [-0.39, 0.29) is 12.3 Å². The van der Waals surface area contributed by atoms with Crippen LogP contribution in [0.5, 0.6) is 0 Å². The van der Waals surface area contributed by atoms with Gasteiger partial charge in [0.05, 0.1) is 24.9 Å². The molecule has 3 heterocycles. The third-order valence-electron chi connectivity index (χ3n) is 5.18. The van der Waals surface area contributed by atoms with Gasteiger partial charge in [-0.3, -0.25) is 4.79 Å². The SMILES string of the molecule is Cc1cccc(NC(=O)Cc2nc(-c3cc(C)n(Cc4ccco4)c3C)c(C)s2)c1. The molecule has 0 fully saturated rings. The summed E-state index contributed by atoms with van der Waals surface area (Å²) in [6.45, 7) is 8.97. The summed E-state index contributed by atoms with van der Waals surface area (Å²) < 4.78 is 7.74. The standard InChI is InChI=1S/C24H25N3O2S/c1-15-7-5-8-19(11-15)25-22(28)13-23-26-24(18(4)30-23)21-12-16(2)27(17(21)3)14-20-9-6-10-29-20/h5-12H,13-14H2,1-4H3,(H,25,28). The van der Waals surface area contributed by atoms with Crippen molar-refractivity contribution in [3.63, 3.8) is 0 Å². The molecule has 0 radical (unpaired) electrons. The number of hydrogen-bond donors (Lipinski definition) is 1. The Bertz CT molecular complexity index is 1190. The maximum Gasteiger partial charge on any atom is 0.231 e. The van der Waals surface area contributed by atoms with E-state index in [1.165, 1.54) is 0 Å². The van der Waals surface area contributed by atoms with Crippen molar-refractivity contribution in [2.75, 3.05) is 5.32 Å². The number of nitrogens with one attached hydrogen (secondary N) is 1. The molecule has 1 aromatic carbocycles. The van der Waals surface area contributed by atoms with Gasteiger partial charge in [0.15, 0.2) is 0 Å². The zero-order chi connectivity index (χ0) is 21.3. The van der Waals surface area contributed by atoms with Crippen molar-refractivity contribution >= 4 is 22.9 Å². The van der Waals surface area contributed by atoms with Crippen molar-refractivity contribution in [3.05, 3.63) is 81.3 Å². The largest absolute Gasteiger partial charge is 0.467 e. The first-order valence-electron chi connectivity index (χ1n) is 9.93. The molecule has 5 nitrogen and oxygen atoms in total. The maximum absolute atomic E-state index is 12.5. The van der Waals surface area contributed by atoms with Crippen molar-refractivity contribution in [1.82, 2.24) is 9.55 Å². The van der Waals surface area contributed by atoms with E-state index in [1.54, 1.807) is 17.6 Å². The highest BCUT2D eigenvalue weighted by Gasteiger charge is 2.18. The summed E-state index contributed by atoms with van der Waals surface area (Å²) in [6.07, 6.45) is 1.97. The van der Waals surface area contributed by atoms with E-state index in [1.807, 2.05) is 43.3 Å². The molecule has 0 unspecified atom stereocenters. The molecule has 4 rings (SSSR count). The average Bonchev–Trinajstić information content (AvgIpc) is 3.38. The summed E-state index contributed by atoms with van der Waals surface area (Å²) in [5, 5.41) is 3.78. The molecular weight excluding hydrogens is 394 g/mol. The van der Waals surface area contributed by atoms with Gasteiger partial charge < -0.3 is 14.3 Å². The molecule has 3 aromatic heterocycles. The molecule has 0 atom stereocenters. The van der Waals surface area contributed by atoms with E-state index < -0.39 is 0 Å². The zero-order valence-corrected chi connectivity index (χ0v) is 18.5. The van der Waals surface area contributed by atoms with Gasteiger partial charge in [-0.15, -0.1) is 11.3 Å². The molecule has 0 bridgehead atoms. The minimum absolute atomic E-state index is 0.0517. The normalized spacial score (nSPS) is 11.1. The highest BCUT2D eigenvalue weighted by atomic mass is 32.1. The van der Waals surface area contributed by atoms with Crippen molar-refractivity contribution < 1.29 is 9.21 Å². The molecular formula is C24H25N3O2S. The van der Waals surface area contributed by atoms with Crippen LogP contribution in [0.3, 0.4) is 0 Å². The number of benzene rings is 1. The van der Waals surface area contributed by atoms with Gasteiger partial charge in [0.1, 0.15) is 10.8 Å². The molecule has 0 aliphatic rings. The predicted octanol–water partition coefficient (Wildman–Crippen LogP) is 5.67. The lowest BCUT2D eigenvalue weighted by atomic mass is 10.1. The Hall–Kier alpha value is -3.12. The fourth-order valence-electron chi connectivity index (χ4n) is 3.68. The molecule has 0 saturated carbocycles. The molecule has 0 aliphatic heterocycles. The second-order valence-corrected chi connectivity index (χ2v) is 8.84. The summed E-state index contributed by atoms with van der Waals surface area (Å²) in [5.41, 5.74) is 6.30. The number of nitrogens with zero attached hydrogens (tertiary/aromatic N) is 2. The zero-order valence-electron chi connectivity index (χ0n) is 17.7. The van der Waals surface area contributed by atoms with Gasteiger partial charge in [0, 0.05) is 27.5 Å². The van der Waals surface area contributed by atoms with Crippen LogP contribution in [0.25, 0.3) is 11.3 Å². The highest BCUT2D eigenvalue weighted by molar-refractivity contribution is 7.12. The van der Waals surface area contributed by atoms with Crippen LogP contribution in [-0.2, 0) is 17.8 Å². The lowest BCUT2D eigenvalue weighted by Crippen LogP contribution is -2.14. The molecule has 6 heteroatoms. The van der Waals surface area contributed by atoms with Crippen LogP contribution < -0.4 is 5.32 Å². The summed E-state index contributed by atoms with van der Waals surface area (Å²) in [7, 11) is 0. The number of furan rings is 1. The third kappa shape index (κ3) is 4.24. The lowest BCUT2D eigenvalue weighted by molar-refractivity contribution is -0.115. The van der Waals surface area contributed by atoms with Gasteiger partial charge in [0.2, 0.25) is 5.91 Å². The van der Waals surface area contributed by atoms with E-state index in [0.29, 0.717) is 6.54 Å². The monoisotopic (exact) mass is 419 g/mol. The number of aryl methyl sites for hydroxylation is 3. The Kier molecular flexibility index (Phi) is 5.59. The lowest BCUT2D eigenvalue weighted by Gasteiger charge is -2.07. The molecule has 1 amide bonds. The summed E-state index contributed by atoms with van der Waals surface area (Å²) in [6, 6.07) is 13.9. The topological polar surface area (TPSA) is 60.1 Å². The van der Waals surface area contributed by atoms with E-state index >= 15 is 0 Å². The van der Waals surface area contributed by atoms with Crippen LogP contribution in [0.1, 0.15) is 32.6 Å². The number of rotatable bonds is 6. The van der Waals surface area contributed by atoms with Crippen LogP contribution in [0.2, 0.25) is 0 Å². The smallest absolute Gasteiger partial charge is 0.231 e. The van der Waals surface area contributed by atoms with Crippen molar-refractivity contribution in [1.29, 1.82) is 0 Å². The minimum atomic E-state index is -0.0517. The maximum atomic E-state index is 12.5. The minimum Gasteiger partial charge on any atom is -0.467 e. The fraction of sp³-hybridized carbons (Fsp3) is 0.250. The van der Waals surface area contributed by atoms with Crippen LogP contribution in [-0.4, -0.2) is 15.5 Å². The molecule has 1 N–H and O–H groups in total. The van der Waals surface area contributed by atoms with Crippen molar-refractivity contribution in [2.24, 2.45) is 0 Å². The average molecular weight is 420 g/mol. The number of aromatic nitrogens is 2. The van der Waals surface area contributed by atoms with Gasteiger partial charge in [-0.05, 0) is 63.6 Å². The summed E-state index contributed by atoms with van der Waals surface area (Å²) >= 11 is 1.58. The second-order valence-electron chi connectivity index (χ2n) is 7.56. The van der Waals surface area contributed by atoms with Crippen LogP contribution in [0, 0.1) is 27.7 Å². The number of anilines is 1. The number of carbonyl (C=O) groups is 1. The summed E-state index contributed by atoms with van der Waals surface area (Å²) in [4.78, 5) is 18.4. The van der Waals surface area contributed by atoms with Crippen LogP contribution >= 0.6 is 11.3 Å². The highest BCUT2D eigenvalue weighted by Crippen LogP contribution is 2.32. The van der Waals surface area contributed by atoms with Crippen LogP contribution in [0.15, 0.2) is 53.1 Å². The van der Waals surface area contributed by atoms with E-state index in [4.69, 9.17) is 9.40 Å². The quantitative estimate of drug-likeness (QED) is 0.438. The van der Waals surface area contributed by atoms with Gasteiger partial charge in [-0.25, -0.2) is 4.98 Å². The molecule has 0 aliphatic carbocycles. The Balaban J connectivity index is 1.53. The molecule has 0 spiro atoms. The first kappa shape index (κ1) is 20.2.